The van der Waals surface area contributed by atoms with Crippen LogP contribution in [0.15, 0.2) is 48.5 Å². The highest BCUT2D eigenvalue weighted by Crippen LogP contribution is 2.12. The van der Waals surface area contributed by atoms with Gasteiger partial charge in [-0.2, -0.15) is 0 Å². The highest BCUT2D eigenvalue weighted by molar-refractivity contribution is 6.30. The van der Waals surface area contributed by atoms with Crippen LogP contribution in [-0.4, -0.2) is 30.1 Å². The van der Waals surface area contributed by atoms with Crippen molar-refractivity contribution in [3.63, 3.8) is 0 Å². The zero-order chi connectivity index (χ0) is 22.1. The molecular formula is C22H26ClN3O4. The second-order valence-electron chi connectivity index (χ2n) is 7.69. The molecule has 0 fully saturated rings. The molecule has 0 aliphatic heterocycles. The van der Waals surface area contributed by atoms with Gasteiger partial charge in [0.25, 0.3) is 0 Å². The van der Waals surface area contributed by atoms with Gasteiger partial charge in [0, 0.05) is 17.3 Å². The minimum absolute atomic E-state index is 0.131. The molecular weight excluding hydrogens is 406 g/mol. The summed E-state index contributed by atoms with van der Waals surface area (Å²) in [7, 11) is 0. The Kier molecular flexibility index (Phi) is 8.24. The minimum Gasteiger partial charge on any atom is -0.444 e. The highest BCUT2D eigenvalue weighted by Gasteiger charge is 2.16. The van der Waals surface area contributed by atoms with Gasteiger partial charge in [-0.15, -0.1) is 0 Å². The van der Waals surface area contributed by atoms with E-state index in [-0.39, 0.29) is 24.8 Å². The quantitative estimate of drug-likeness (QED) is 0.623. The lowest BCUT2D eigenvalue weighted by Gasteiger charge is -2.19. The number of alkyl carbamates (subject to hydrolysis) is 1. The fourth-order valence-corrected chi connectivity index (χ4v) is 2.74. The van der Waals surface area contributed by atoms with Crippen LogP contribution >= 0.6 is 11.6 Å². The lowest BCUT2D eigenvalue weighted by molar-refractivity contribution is -0.120. The lowest BCUT2D eigenvalue weighted by Crippen LogP contribution is -2.37. The second kappa shape index (κ2) is 10.6. The Morgan fingerprint density at radius 3 is 2.33 bits per heavy atom. The predicted molar refractivity (Wildman–Crippen MR) is 116 cm³/mol. The van der Waals surface area contributed by atoms with E-state index in [1.54, 1.807) is 57.2 Å². The maximum atomic E-state index is 12.1. The first kappa shape index (κ1) is 23.2. The van der Waals surface area contributed by atoms with Gasteiger partial charge in [-0.1, -0.05) is 35.9 Å². The average Bonchev–Trinajstić information content (AvgIpc) is 2.64. The molecule has 2 rings (SSSR count). The molecule has 0 aliphatic rings. The van der Waals surface area contributed by atoms with Gasteiger partial charge >= 0.3 is 6.09 Å². The minimum atomic E-state index is -0.659. The van der Waals surface area contributed by atoms with Crippen LogP contribution in [0.5, 0.6) is 0 Å². The van der Waals surface area contributed by atoms with Gasteiger partial charge < -0.3 is 20.7 Å². The van der Waals surface area contributed by atoms with Gasteiger partial charge in [-0.05, 0) is 56.2 Å². The van der Waals surface area contributed by atoms with E-state index in [9.17, 15) is 14.4 Å². The zero-order valence-electron chi connectivity index (χ0n) is 17.3. The summed E-state index contributed by atoms with van der Waals surface area (Å²) in [5.74, 6) is -0.517. The molecule has 0 spiro atoms. The Labute approximate surface area is 181 Å². The molecule has 0 unspecified atom stereocenters. The van der Waals surface area contributed by atoms with E-state index in [1.807, 2.05) is 12.1 Å². The van der Waals surface area contributed by atoms with Crippen molar-refractivity contribution in [2.24, 2.45) is 0 Å². The van der Waals surface area contributed by atoms with E-state index in [2.05, 4.69) is 16.0 Å². The number of carbonyl (C=O) groups excluding carboxylic acids is 3. The molecule has 0 heterocycles. The monoisotopic (exact) mass is 431 g/mol. The van der Waals surface area contributed by atoms with Crippen LogP contribution < -0.4 is 16.0 Å². The molecule has 0 aliphatic carbocycles. The summed E-state index contributed by atoms with van der Waals surface area (Å²) < 4.78 is 5.08. The fraction of sp³-hybridized carbons (Fsp3) is 0.318. The number of anilines is 1. The van der Waals surface area contributed by atoms with Crippen LogP contribution in [0.3, 0.4) is 0 Å². The number of halogens is 1. The third kappa shape index (κ3) is 8.96. The van der Waals surface area contributed by atoms with Gasteiger partial charge in [0.15, 0.2) is 0 Å². The normalized spacial score (nSPS) is 10.8. The summed E-state index contributed by atoms with van der Waals surface area (Å²) in [6, 6.07) is 14.2. The van der Waals surface area contributed by atoms with Crippen molar-refractivity contribution in [2.45, 2.75) is 39.3 Å². The third-order valence-corrected chi connectivity index (χ3v) is 3.98. The largest absolute Gasteiger partial charge is 0.444 e. The van der Waals surface area contributed by atoms with Crippen molar-refractivity contribution in [2.75, 3.05) is 11.9 Å². The number of hydrogen-bond acceptors (Lipinski definition) is 4. The van der Waals surface area contributed by atoms with E-state index < -0.39 is 11.7 Å². The molecule has 3 amide bonds. The van der Waals surface area contributed by atoms with E-state index in [0.717, 1.165) is 11.1 Å². The zero-order valence-corrected chi connectivity index (χ0v) is 18.0. The molecule has 0 saturated carbocycles. The van der Waals surface area contributed by atoms with Crippen LogP contribution in [0, 0.1) is 0 Å². The Bertz CT molecular complexity index is 909. The number of hydrogen-bond donors (Lipinski definition) is 3. The predicted octanol–water partition coefficient (Wildman–Crippen LogP) is 3.66. The summed E-state index contributed by atoms with van der Waals surface area (Å²) in [6.45, 7) is 5.33. The number of benzene rings is 2. The van der Waals surface area contributed by atoms with Crippen molar-refractivity contribution in [1.29, 1.82) is 0 Å². The van der Waals surface area contributed by atoms with Crippen molar-refractivity contribution < 1.29 is 19.1 Å². The molecule has 0 saturated heterocycles. The molecule has 160 valence electrons. The number of ether oxygens (including phenoxy) is 1. The lowest BCUT2D eigenvalue weighted by atomic mass is 10.1. The SMILES string of the molecule is CC(C)(C)OC(=O)NCC(=O)Nc1cccc(CNC(=O)Cc2cccc(Cl)c2)c1. The topological polar surface area (TPSA) is 96.5 Å². The van der Waals surface area contributed by atoms with Gasteiger partial charge in [0.05, 0.1) is 6.42 Å². The number of nitrogens with one attached hydrogen (secondary N) is 3. The van der Waals surface area contributed by atoms with Crippen LogP contribution in [0.2, 0.25) is 5.02 Å². The molecule has 0 aromatic heterocycles. The van der Waals surface area contributed by atoms with Crippen LogP contribution in [0.25, 0.3) is 0 Å². The molecule has 8 heteroatoms. The molecule has 30 heavy (non-hydrogen) atoms. The summed E-state index contributed by atoms with van der Waals surface area (Å²) in [6.07, 6.45) is -0.429. The van der Waals surface area contributed by atoms with Gasteiger partial charge in [0.2, 0.25) is 11.8 Å². The van der Waals surface area contributed by atoms with E-state index in [4.69, 9.17) is 16.3 Å². The number of amides is 3. The van der Waals surface area contributed by atoms with Crippen LogP contribution in [-0.2, 0) is 27.3 Å². The fourth-order valence-electron chi connectivity index (χ4n) is 2.53. The summed E-state index contributed by atoms with van der Waals surface area (Å²) in [5.41, 5.74) is 1.59. The average molecular weight is 432 g/mol. The first-order valence-electron chi connectivity index (χ1n) is 9.47. The second-order valence-corrected chi connectivity index (χ2v) is 8.12. The highest BCUT2D eigenvalue weighted by atomic mass is 35.5. The maximum absolute atomic E-state index is 12.1. The Morgan fingerprint density at radius 1 is 0.933 bits per heavy atom. The standard InChI is InChI=1S/C22H26ClN3O4/c1-22(2,3)30-21(29)25-14-20(28)26-18-9-5-7-16(11-18)13-24-19(27)12-15-6-4-8-17(23)10-15/h4-11H,12-14H2,1-3H3,(H,24,27)(H,25,29)(H,26,28). The van der Waals surface area contributed by atoms with Crippen molar-refractivity contribution in [1.82, 2.24) is 10.6 Å². The smallest absolute Gasteiger partial charge is 0.408 e. The summed E-state index contributed by atoms with van der Waals surface area (Å²) >= 11 is 5.93. The molecule has 0 atom stereocenters. The van der Waals surface area contributed by atoms with E-state index in [1.165, 1.54) is 0 Å². The van der Waals surface area contributed by atoms with Crippen molar-refractivity contribution in [3.8, 4) is 0 Å². The molecule has 7 nitrogen and oxygen atoms in total. The third-order valence-electron chi connectivity index (χ3n) is 3.75. The summed E-state index contributed by atoms with van der Waals surface area (Å²) in [4.78, 5) is 35.8. The van der Waals surface area contributed by atoms with Crippen LogP contribution in [0.4, 0.5) is 10.5 Å². The Hall–Kier alpha value is -3.06. The van der Waals surface area contributed by atoms with Crippen molar-refractivity contribution >= 4 is 35.2 Å². The first-order chi connectivity index (χ1) is 14.1. The molecule has 0 radical (unpaired) electrons. The molecule has 3 N–H and O–H groups in total. The molecule has 2 aromatic carbocycles. The Morgan fingerprint density at radius 2 is 1.63 bits per heavy atom. The van der Waals surface area contributed by atoms with Gasteiger partial charge in [0.1, 0.15) is 12.1 Å². The number of rotatable bonds is 7. The maximum Gasteiger partial charge on any atom is 0.408 e. The van der Waals surface area contributed by atoms with E-state index in [0.29, 0.717) is 17.3 Å². The Balaban J connectivity index is 1.80. The van der Waals surface area contributed by atoms with Crippen molar-refractivity contribution in [3.05, 3.63) is 64.7 Å². The van der Waals surface area contributed by atoms with E-state index >= 15 is 0 Å². The first-order valence-corrected chi connectivity index (χ1v) is 9.85. The molecule has 2 aromatic rings. The summed E-state index contributed by atoms with van der Waals surface area (Å²) in [5, 5.41) is 8.53. The van der Waals surface area contributed by atoms with Gasteiger partial charge in [-0.25, -0.2) is 4.79 Å². The van der Waals surface area contributed by atoms with Crippen LogP contribution in [0.1, 0.15) is 31.9 Å². The molecule has 0 bridgehead atoms. The number of carbonyl (C=O) groups is 3. The van der Waals surface area contributed by atoms with Gasteiger partial charge in [-0.3, -0.25) is 9.59 Å².